The van der Waals surface area contributed by atoms with Gasteiger partial charge in [-0.1, -0.05) is 17.0 Å². The molecule has 0 fully saturated rings. The van der Waals surface area contributed by atoms with Crippen molar-refractivity contribution >= 4 is 40.0 Å². The van der Waals surface area contributed by atoms with Crippen molar-refractivity contribution in [3.8, 4) is 24.7 Å². The number of anilines is 4. The van der Waals surface area contributed by atoms with Gasteiger partial charge < -0.3 is 14.7 Å². The molecule has 0 spiro atoms. The number of fused-ring (bicyclic) bond motifs is 2. The third-order valence-electron chi connectivity index (χ3n) is 4.52. The van der Waals surface area contributed by atoms with Crippen LogP contribution in [0.4, 0.5) is 23.1 Å². The Balaban J connectivity index is 1.73. The molecule has 0 bridgehead atoms. The molecule has 3 aromatic rings. The van der Waals surface area contributed by atoms with Gasteiger partial charge in [-0.15, -0.1) is 12.8 Å². The maximum atomic E-state index is 12.7. The SMILES string of the molecule is C#CCN1C(=O)[C@@H](C)N(CC#C)c2nc(Nc3ccc4oncc4c3)ncc21. The molecule has 3 heterocycles. The fourth-order valence-corrected chi connectivity index (χ4v) is 3.13. The monoisotopic (exact) mass is 372 g/mol. The lowest BCUT2D eigenvalue weighted by Gasteiger charge is -2.38. The van der Waals surface area contributed by atoms with Gasteiger partial charge >= 0.3 is 0 Å². The van der Waals surface area contributed by atoms with Gasteiger partial charge in [0.1, 0.15) is 11.7 Å². The number of hydrogen-bond acceptors (Lipinski definition) is 7. The van der Waals surface area contributed by atoms with Crippen molar-refractivity contribution in [2.45, 2.75) is 13.0 Å². The summed E-state index contributed by atoms with van der Waals surface area (Å²) in [5.74, 6) is 5.88. The molecule has 1 aliphatic rings. The number of hydrogen-bond donors (Lipinski definition) is 1. The second kappa shape index (κ2) is 6.93. The van der Waals surface area contributed by atoms with E-state index in [0.717, 1.165) is 11.1 Å². The molecule has 0 aliphatic carbocycles. The van der Waals surface area contributed by atoms with Crippen LogP contribution in [0.3, 0.4) is 0 Å². The summed E-state index contributed by atoms with van der Waals surface area (Å²) in [6.07, 6.45) is 14.1. The lowest BCUT2D eigenvalue weighted by atomic mass is 10.1. The van der Waals surface area contributed by atoms with E-state index in [4.69, 9.17) is 17.4 Å². The van der Waals surface area contributed by atoms with Crippen LogP contribution in [0.15, 0.2) is 35.1 Å². The Morgan fingerprint density at radius 2 is 2.07 bits per heavy atom. The van der Waals surface area contributed by atoms with Crippen molar-refractivity contribution in [1.82, 2.24) is 15.1 Å². The maximum Gasteiger partial charge on any atom is 0.250 e. The van der Waals surface area contributed by atoms with E-state index in [9.17, 15) is 4.79 Å². The minimum absolute atomic E-state index is 0.136. The second-order valence-electron chi connectivity index (χ2n) is 6.24. The van der Waals surface area contributed by atoms with Crippen molar-refractivity contribution in [2.75, 3.05) is 28.2 Å². The van der Waals surface area contributed by atoms with E-state index in [-0.39, 0.29) is 19.0 Å². The number of aromatic nitrogens is 3. The topological polar surface area (TPSA) is 87.4 Å². The first-order valence-corrected chi connectivity index (χ1v) is 8.56. The first kappa shape index (κ1) is 17.4. The van der Waals surface area contributed by atoms with Gasteiger partial charge in [-0.3, -0.25) is 9.69 Å². The van der Waals surface area contributed by atoms with E-state index in [0.29, 0.717) is 23.0 Å². The summed E-state index contributed by atoms with van der Waals surface area (Å²) in [7, 11) is 0. The average Bonchev–Trinajstić information content (AvgIpc) is 3.16. The fraction of sp³-hybridized carbons (Fsp3) is 0.200. The number of amides is 1. The Morgan fingerprint density at radius 1 is 1.25 bits per heavy atom. The van der Waals surface area contributed by atoms with Gasteiger partial charge in [-0.2, -0.15) is 4.98 Å². The zero-order valence-corrected chi connectivity index (χ0v) is 15.1. The predicted molar refractivity (Wildman–Crippen MR) is 106 cm³/mol. The minimum Gasteiger partial charge on any atom is -0.356 e. The Bertz CT molecular complexity index is 1140. The highest BCUT2D eigenvalue weighted by molar-refractivity contribution is 6.05. The number of nitrogens with one attached hydrogen (secondary N) is 1. The Kier molecular flexibility index (Phi) is 4.30. The third kappa shape index (κ3) is 2.87. The summed E-state index contributed by atoms with van der Waals surface area (Å²) in [6, 6.07) is 5.05. The van der Waals surface area contributed by atoms with Crippen molar-refractivity contribution in [1.29, 1.82) is 0 Å². The van der Waals surface area contributed by atoms with Crippen LogP contribution in [0, 0.1) is 24.7 Å². The van der Waals surface area contributed by atoms with Gasteiger partial charge in [0.05, 0.1) is 25.5 Å². The van der Waals surface area contributed by atoms with Crippen molar-refractivity contribution in [3.05, 3.63) is 30.6 Å². The molecule has 0 radical (unpaired) electrons. The molecular formula is C20H16N6O2. The average molecular weight is 372 g/mol. The highest BCUT2D eigenvalue weighted by atomic mass is 16.5. The van der Waals surface area contributed by atoms with E-state index in [1.54, 1.807) is 24.2 Å². The summed E-state index contributed by atoms with van der Waals surface area (Å²) in [4.78, 5) is 24.9. The molecular weight excluding hydrogens is 356 g/mol. The molecule has 28 heavy (non-hydrogen) atoms. The summed E-state index contributed by atoms with van der Waals surface area (Å²) in [6.45, 7) is 2.16. The third-order valence-corrected chi connectivity index (χ3v) is 4.52. The molecule has 0 unspecified atom stereocenters. The Morgan fingerprint density at radius 3 is 2.86 bits per heavy atom. The summed E-state index contributed by atoms with van der Waals surface area (Å²) in [5.41, 5.74) is 2.00. The molecule has 1 N–H and O–H groups in total. The van der Waals surface area contributed by atoms with Crippen LogP contribution in [0.25, 0.3) is 11.0 Å². The quantitative estimate of drug-likeness (QED) is 0.702. The van der Waals surface area contributed by atoms with Crippen molar-refractivity contribution in [2.24, 2.45) is 0 Å². The molecule has 1 atom stereocenters. The first-order chi connectivity index (χ1) is 13.6. The van der Waals surface area contributed by atoms with Crippen LogP contribution in [0.1, 0.15) is 6.92 Å². The van der Waals surface area contributed by atoms with E-state index >= 15 is 0 Å². The van der Waals surface area contributed by atoms with Gasteiger partial charge in [-0.05, 0) is 25.1 Å². The number of carbonyl (C=O) groups is 1. The lowest BCUT2D eigenvalue weighted by Crippen LogP contribution is -2.52. The first-order valence-electron chi connectivity index (χ1n) is 8.56. The number of benzene rings is 1. The highest BCUT2D eigenvalue weighted by Gasteiger charge is 2.36. The molecule has 2 aromatic heterocycles. The second-order valence-corrected chi connectivity index (χ2v) is 6.24. The molecule has 8 nitrogen and oxygen atoms in total. The van der Waals surface area contributed by atoms with E-state index in [2.05, 4.69) is 32.3 Å². The van der Waals surface area contributed by atoms with E-state index < -0.39 is 6.04 Å². The molecule has 8 heteroatoms. The molecule has 1 amide bonds. The molecule has 0 saturated carbocycles. The number of terminal acetylenes is 2. The smallest absolute Gasteiger partial charge is 0.250 e. The van der Waals surface area contributed by atoms with Crippen LogP contribution in [-0.2, 0) is 4.79 Å². The number of nitrogens with zero attached hydrogens (tertiary/aromatic N) is 5. The molecule has 138 valence electrons. The molecule has 1 aromatic carbocycles. The van der Waals surface area contributed by atoms with Crippen LogP contribution in [-0.4, -0.2) is 40.2 Å². The zero-order chi connectivity index (χ0) is 19.7. The van der Waals surface area contributed by atoms with Crippen LogP contribution in [0.5, 0.6) is 0 Å². The lowest BCUT2D eigenvalue weighted by molar-refractivity contribution is -0.119. The van der Waals surface area contributed by atoms with Gasteiger partial charge in [0.15, 0.2) is 11.4 Å². The van der Waals surface area contributed by atoms with Crippen LogP contribution in [0.2, 0.25) is 0 Å². The Hall–Kier alpha value is -4.04. The van der Waals surface area contributed by atoms with Crippen LogP contribution < -0.4 is 15.1 Å². The van der Waals surface area contributed by atoms with Crippen molar-refractivity contribution < 1.29 is 9.32 Å². The standard InChI is InChI=1S/C20H16N6O2/c1-4-8-25-13(3)19(27)26(9-5-2)16-12-21-20(24-18(16)25)23-15-6-7-17-14(10-15)11-22-28-17/h1-2,6-7,10-13H,8-9H2,3H3,(H,21,23,24)/t13-/m1/s1. The largest absolute Gasteiger partial charge is 0.356 e. The van der Waals surface area contributed by atoms with Crippen LogP contribution >= 0.6 is 0 Å². The van der Waals surface area contributed by atoms with Crippen molar-refractivity contribution in [3.63, 3.8) is 0 Å². The highest BCUT2D eigenvalue weighted by Crippen LogP contribution is 2.34. The van der Waals surface area contributed by atoms with Gasteiger partial charge in [0.25, 0.3) is 0 Å². The summed E-state index contributed by atoms with van der Waals surface area (Å²) < 4.78 is 5.11. The molecule has 1 aliphatic heterocycles. The number of carbonyl (C=O) groups excluding carboxylic acids is 1. The number of rotatable bonds is 4. The van der Waals surface area contributed by atoms with Gasteiger partial charge in [0.2, 0.25) is 11.9 Å². The molecule has 4 rings (SSSR count). The maximum absolute atomic E-state index is 12.7. The normalized spacial score (nSPS) is 15.8. The zero-order valence-electron chi connectivity index (χ0n) is 15.1. The van der Waals surface area contributed by atoms with Gasteiger partial charge in [-0.25, -0.2) is 4.98 Å². The van der Waals surface area contributed by atoms with E-state index in [1.165, 1.54) is 4.90 Å². The minimum atomic E-state index is -0.479. The summed E-state index contributed by atoms with van der Waals surface area (Å²) >= 11 is 0. The van der Waals surface area contributed by atoms with E-state index in [1.807, 2.05) is 18.2 Å². The molecule has 0 saturated heterocycles. The van der Waals surface area contributed by atoms with Gasteiger partial charge in [0, 0.05) is 11.1 Å². The fourth-order valence-electron chi connectivity index (χ4n) is 3.13. The predicted octanol–water partition coefficient (Wildman–Crippen LogP) is 2.17. The summed E-state index contributed by atoms with van der Waals surface area (Å²) in [5, 5.41) is 7.78. The Labute approximate surface area is 161 Å².